The van der Waals surface area contributed by atoms with Gasteiger partial charge in [0.1, 0.15) is 0 Å². The van der Waals surface area contributed by atoms with Crippen molar-refractivity contribution in [2.24, 2.45) is 5.92 Å². The van der Waals surface area contributed by atoms with Crippen LogP contribution in [0.3, 0.4) is 0 Å². The van der Waals surface area contributed by atoms with Crippen molar-refractivity contribution < 1.29 is 4.79 Å². The molecule has 0 bridgehead atoms. The van der Waals surface area contributed by atoms with Gasteiger partial charge in [-0.05, 0) is 18.0 Å². The van der Waals surface area contributed by atoms with Gasteiger partial charge in [-0.3, -0.25) is 0 Å². The molecular weight excluding hydrogens is 214 g/mol. The molecule has 2 unspecified atom stereocenters. The van der Waals surface area contributed by atoms with Crippen LogP contribution in [-0.4, -0.2) is 25.2 Å². The molecule has 1 heterocycles. The molecule has 4 heteroatoms. The third-order valence-corrected chi connectivity index (χ3v) is 3.13. The molecule has 4 nitrogen and oxygen atoms in total. The van der Waals surface area contributed by atoms with Crippen LogP contribution in [0.25, 0.3) is 0 Å². The zero-order chi connectivity index (χ0) is 12.1. The number of nitrogens with one attached hydrogen (secondary N) is 3. The molecule has 0 aromatic heterocycles. The Hall–Kier alpha value is -1.55. The minimum absolute atomic E-state index is 0.0885. The predicted molar refractivity (Wildman–Crippen MR) is 67.6 cm³/mol. The Kier molecular flexibility index (Phi) is 3.98. The van der Waals surface area contributed by atoms with Crippen molar-refractivity contribution in [3.05, 3.63) is 35.9 Å². The van der Waals surface area contributed by atoms with Crippen LogP contribution >= 0.6 is 0 Å². The Balaban J connectivity index is 1.74. The van der Waals surface area contributed by atoms with E-state index in [9.17, 15) is 4.79 Å². The number of hydrogen-bond donors (Lipinski definition) is 3. The van der Waals surface area contributed by atoms with E-state index in [1.807, 2.05) is 30.3 Å². The first-order valence-electron chi connectivity index (χ1n) is 6.04. The molecule has 1 fully saturated rings. The van der Waals surface area contributed by atoms with E-state index in [-0.39, 0.29) is 12.1 Å². The summed E-state index contributed by atoms with van der Waals surface area (Å²) in [6.45, 7) is 4.55. The predicted octanol–water partition coefficient (Wildman–Crippen LogP) is 1.09. The van der Waals surface area contributed by atoms with Gasteiger partial charge in [-0.2, -0.15) is 0 Å². The van der Waals surface area contributed by atoms with Gasteiger partial charge >= 0.3 is 6.03 Å². The number of urea groups is 1. The van der Waals surface area contributed by atoms with Gasteiger partial charge in [0.15, 0.2) is 0 Å². The average Bonchev–Trinajstić information content (AvgIpc) is 2.74. The van der Waals surface area contributed by atoms with Crippen molar-refractivity contribution in [1.29, 1.82) is 0 Å². The second-order valence-corrected chi connectivity index (χ2v) is 4.55. The minimum atomic E-state index is -0.0885. The van der Waals surface area contributed by atoms with Crippen molar-refractivity contribution >= 4 is 6.03 Å². The van der Waals surface area contributed by atoms with Crippen molar-refractivity contribution in [3.8, 4) is 0 Å². The second kappa shape index (κ2) is 5.68. The van der Waals surface area contributed by atoms with Crippen LogP contribution in [0.5, 0.6) is 0 Å². The van der Waals surface area contributed by atoms with Crippen LogP contribution in [0.1, 0.15) is 12.5 Å². The van der Waals surface area contributed by atoms with E-state index in [2.05, 4.69) is 22.9 Å². The van der Waals surface area contributed by atoms with Crippen LogP contribution in [0.2, 0.25) is 0 Å². The first kappa shape index (κ1) is 11.9. The van der Waals surface area contributed by atoms with Gasteiger partial charge in [0, 0.05) is 19.1 Å². The molecule has 0 radical (unpaired) electrons. The number of benzene rings is 1. The lowest BCUT2D eigenvalue weighted by molar-refractivity contribution is 0.235. The molecule has 2 amide bonds. The fourth-order valence-electron chi connectivity index (χ4n) is 2.00. The summed E-state index contributed by atoms with van der Waals surface area (Å²) in [4.78, 5) is 11.7. The van der Waals surface area contributed by atoms with Crippen molar-refractivity contribution in [2.75, 3.05) is 13.1 Å². The molecule has 1 aromatic carbocycles. The highest BCUT2D eigenvalue weighted by atomic mass is 16.2. The molecule has 1 aliphatic heterocycles. The van der Waals surface area contributed by atoms with Crippen molar-refractivity contribution in [1.82, 2.24) is 16.0 Å². The maximum absolute atomic E-state index is 11.7. The SMILES string of the molecule is CC1CNCC1NC(=O)NCc1ccccc1. The summed E-state index contributed by atoms with van der Waals surface area (Å²) in [7, 11) is 0. The molecule has 17 heavy (non-hydrogen) atoms. The van der Waals surface area contributed by atoms with Crippen LogP contribution in [0.4, 0.5) is 4.79 Å². The summed E-state index contributed by atoms with van der Waals surface area (Å²) in [5.74, 6) is 0.498. The molecule has 1 saturated heterocycles. The molecule has 2 atom stereocenters. The molecule has 3 N–H and O–H groups in total. The fourth-order valence-corrected chi connectivity index (χ4v) is 2.00. The van der Waals surface area contributed by atoms with Crippen LogP contribution in [0, 0.1) is 5.92 Å². The third-order valence-electron chi connectivity index (χ3n) is 3.13. The van der Waals surface area contributed by atoms with E-state index in [0.29, 0.717) is 12.5 Å². The number of hydrogen-bond acceptors (Lipinski definition) is 2. The lowest BCUT2D eigenvalue weighted by Crippen LogP contribution is -2.44. The summed E-state index contributed by atoms with van der Waals surface area (Å²) in [5.41, 5.74) is 1.11. The first-order valence-corrected chi connectivity index (χ1v) is 6.04. The highest BCUT2D eigenvalue weighted by Gasteiger charge is 2.24. The summed E-state index contributed by atoms with van der Waals surface area (Å²) in [6.07, 6.45) is 0. The molecule has 92 valence electrons. The van der Waals surface area contributed by atoms with E-state index in [4.69, 9.17) is 0 Å². The van der Waals surface area contributed by atoms with E-state index in [1.165, 1.54) is 0 Å². The summed E-state index contributed by atoms with van der Waals surface area (Å²) in [5, 5.41) is 9.11. The van der Waals surface area contributed by atoms with Gasteiger partial charge in [-0.15, -0.1) is 0 Å². The minimum Gasteiger partial charge on any atom is -0.334 e. The van der Waals surface area contributed by atoms with E-state index in [0.717, 1.165) is 18.7 Å². The third kappa shape index (κ3) is 3.46. The van der Waals surface area contributed by atoms with Crippen molar-refractivity contribution in [3.63, 3.8) is 0 Å². The number of carbonyl (C=O) groups excluding carboxylic acids is 1. The fraction of sp³-hybridized carbons (Fsp3) is 0.462. The smallest absolute Gasteiger partial charge is 0.315 e. The molecule has 1 aliphatic rings. The zero-order valence-corrected chi connectivity index (χ0v) is 10.1. The molecule has 1 aromatic rings. The Labute approximate surface area is 102 Å². The lowest BCUT2D eigenvalue weighted by Gasteiger charge is -2.16. The highest BCUT2D eigenvalue weighted by molar-refractivity contribution is 5.74. The standard InChI is InChI=1S/C13H19N3O/c1-10-7-14-9-12(10)16-13(17)15-8-11-5-3-2-4-6-11/h2-6,10,12,14H,7-9H2,1H3,(H2,15,16,17). The zero-order valence-electron chi connectivity index (χ0n) is 10.1. The van der Waals surface area contributed by atoms with Gasteiger partial charge in [0.25, 0.3) is 0 Å². The number of amides is 2. The van der Waals surface area contributed by atoms with Crippen LogP contribution in [-0.2, 0) is 6.54 Å². The molecule has 0 aliphatic carbocycles. The van der Waals surface area contributed by atoms with Gasteiger partial charge in [0.2, 0.25) is 0 Å². The van der Waals surface area contributed by atoms with Crippen LogP contribution in [0.15, 0.2) is 30.3 Å². The monoisotopic (exact) mass is 233 g/mol. The van der Waals surface area contributed by atoms with Gasteiger partial charge in [0.05, 0.1) is 0 Å². The van der Waals surface area contributed by atoms with E-state index >= 15 is 0 Å². The Morgan fingerprint density at radius 3 is 2.76 bits per heavy atom. The Morgan fingerprint density at radius 2 is 2.12 bits per heavy atom. The van der Waals surface area contributed by atoms with Gasteiger partial charge < -0.3 is 16.0 Å². The topological polar surface area (TPSA) is 53.2 Å². The van der Waals surface area contributed by atoms with Crippen LogP contribution < -0.4 is 16.0 Å². The van der Waals surface area contributed by atoms with Crippen molar-refractivity contribution in [2.45, 2.75) is 19.5 Å². The highest BCUT2D eigenvalue weighted by Crippen LogP contribution is 2.06. The summed E-state index contributed by atoms with van der Waals surface area (Å²) in [6, 6.07) is 10.1. The normalized spacial score (nSPS) is 23.4. The maximum Gasteiger partial charge on any atom is 0.315 e. The summed E-state index contributed by atoms with van der Waals surface area (Å²) >= 11 is 0. The molecule has 2 rings (SSSR count). The van der Waals surface area contributed by atoms with E-state index in [1.54, 1.807) is 0 Å². The lowest BCUT2D eigenvalue weighted by atomic mass is 10.1. The van der Waals surface area contributed by atoms with Gasteiger partial charge in [-0.1, -0.05) is 37.3 Å². The van der Waals surface area contributed by atoms with Gasteiger partial charge in [-0.25, -0.2) is 4.79 Å². The molecular formula is C13H19N3O. The molecule has 0 saturated carbocycles. The number of carbonyl (C=O) groups is 1. The van der Waals surface area contributed by atoms with E-state index < -0.39 is 0 Å². The average molecular weight is 233 g/mol. The quantitative estimate of drug-likeness (QED) is 0.732. The second-order valence-electron chi connectivity index (χ2n) is 4.55. The molecule has 0 spiro atoms. The number of rotatable bonds is 3. The Bertz CT molecular complexity index is 366. The first-order chi connectivity index (χ1) is 8.25. The summed E-state index contributed by atoms with van der Waals surface area (Å²) < 4.78 is 0. The Morgan fingerprint density at radius 1 is 1.35 bits per heavy atom. The maximum atomic E-state index is 11.7. The largest absolute Gasteiger partial charge is 0.334 e.